The molecule has 6 heteroatoms. The monoisotopic (exact) mass is 394 g/mol. The lowest BCUT2D eigenvalue weighted by molar-refractivity contribution is -0.122. The summed E-state index contributed by atoms with van der Waals surface area (Å²) in [7, 11) is 1.63. The van der Waals surface area contributed by atoms with E-state index in [9.17, 15) is 4.79 Å². The van der Waals surface area contributed by atoms with E-state index in [4.69, 9.17) is 4.74 Å². The van der Waals surface area contributed by atoms with Crippen molar-refractivity contribution in [2.45, 2.75) is 45.7 Å². The first-order valence-electron chi connectivity index (χ1n) is 10.0. The van der Waals surface area contributed by atoms with Gasteiger partial charge in [-0.3, -0.25) is 4.79 Å². The SMILES string of the molecule is COc1ccc(/C(C)=N\NC(=O)C2CC(c3ccc(CC(C)C)cc3)NN2)cc1. The van der Waals surface area contributed by atoms with Gasteiger partial charge in [-0.1, -0.05) is 38.1 Å². The van der Waals surface area contributed by atoms with Crippen LogP contribution >= 0.6 is 0 Å². The molecule has 0 aromatic heterocycles. The van der Waals surface area contributed by atoms with Gasteiger partial charge in [0.1, 0.15) is 11.8 Å². The molecule has 0 saturated carbocycles. The number of carbonyl (C=O) groups excluding carboxylic acids is 1. The zero-order chi connectivity index (χ0) is 20.8. The van der Waals surface area contributed by atoms with Crippen LogP contribution in [0.2, 0.25) is 0 Å². The van der Waals surface area contributed by atoms with Crippen molar-refractivity contribution in [1.82, 2.24) is 16.3 Å². The topological polar surface area (TPSA) is 74.8 Å². The summed E-state index contributed by atoms with van der Waals surface area (Å²) in [5.41, 5.74) is 13.2. The number of hydrogen-bond acceptors (Lipinski definition) is 5. The molecule has 0 bridgehead atoms. The highest BCUT2D eigenvalue weighted by Gasteiger charge is 2.30. The van der Waals surface area contributed by atoms with Crippen LogP contribution in [0, 0.1) is 5.92 Å². The number of ether oxygens (including phenoxy) is 1. The first kappa shape index (κ1) is 21.0. The van der Waals surface area contributed by atoms with E-state index in [0.29, 0.717) is 12.3 Å². The second-order valence-electron chi connectivity index (χ2n) is 7.87. The van der Waals surface area contributed by atoms with Gasteiger partial charge in [0.15, 0.2) is 0 Å². The maximum Gasteiger partial charge on any atom is 0.258 e. The van der Waals surface area contributed by atoms with Crippen molar-refractivity contribution in [3.63, 3.8) is 0 Å². The van der Waals surface area contributed by atoms with Gasteiger partial charge < -0.3 is 4.74 Å². The van der Waals surface area contributed by atoms with Crippen LogP contribution < -0.4 is 21.0 Å². The van der Waals surface area contributed by atoms with E-state index in [1.54, 1.807) is 7.11 Å². The summed E-state index contributed by atoms with van der Waals surface area (Å²) >= 11 is 0. The van der Waals surface area contributed by atoms with E-state index in [1.165, 1.54) is 11.1 Å². The van der Waals surface area contributed by atoms with Crippen molar-refractivity contribution in [2.24, 2.45) is 11.0 Å². The minimum absolute atomic E-state index is 0.102. The first-order valence-corrected chi connectivity index (χ1v) is 10.0. The lowest BCUT2D eigenvalue weighted by atomic mass is 9.97. The summed E-state index contributed by atoms with van der Waals surface area (Å²) in [4.78, 5) is 12.5. The van der Waals surface area contributed by atoms with E-state index in [0.717, 1.165) is 23.4 Å². The lowest BCUT2D eigenvalue weighted by Crippen LogP contribution is -2.41. The maximum atomic E-state index is 12.5. The van der Waals surface area contributed by atoms with E-state index in [1.807, 2.05) is 31.2 Å². The average Bonchev–Trinajstić information content (AvgIpc) is 3.22. The Kier molecular flexibility index (Phi) is 7.01. The molecule has 2 aromatic rings. The van der Waals surface area contributed by atoms with Gasteiger partial charge in [-0.15, -0.1) is 0 Å². The number of rotatable bonds is 7. The summed E-state index contributed by atoms with van der Waals surface area (Å²) < 4.78 is 5.16. The van der Waals surface area contributed by atoms with Crippen LogP contribution in [-0.4, -0.2) is 24.8 Å². The van der Waals surface area contributed by atoms with Crippen molar-refractivity contribution in [2.75, 3.05) is 7.11 Å². The first-order chi connectivity index (χ1) is 14.0. The van der Waals surface area contributed by atoms with Crippen LogP contribution in [0.5, 0.6) is 5.75 Å². The Morgan fingerprint density at radius 3 is 2.45 bits per heavy atom. The Balaban J connectivity index is 1.54. The molecule has 1 fully saturated rings. The van der Waals surface area contributed by atoms with Crippen LogP contribution in [0.3, 0.4) is 0 Å². The lowest BCUT2D eigenvalue weighted by Gasteiger charge is -2.11. The number of methoxy groups -OCH3 is 1. The van der Waals surface area contributed by atoms with Crippen molar-refractivity contribution in [3.8, 4) is 5.75 Å². The third-order valence-electron chi connectivity index (χ3n) is 5.09. The average molecular weight is 395 g/mol. The number of nitrogens with one attached hydrogen (secondary N) is 3. The molecule has 3 rings (SSSR count). The molecular formula is C23H30N4O2. The van der Waals surface area contributed by atoms with Gasteiger partial charge in [-0.05, 0) is 66.6 Å². The van der Waals surface area contributed by atoms with Gasteiger partial charge in [0.05, 0.1) is 12.8 Å². The Hall–Kier alpha value is -2.70. The molecule has 154 valence electrons. The van der Waals surface area contributed by atoms with Gasteiger partial charge in [0.25, 0.3) is 5.91 Å². The van der Waals surface area contributed by atoms with Crippen LogP contribution in [0.25, 0.3) is 0 Å². The largest absolute Gasteiger partial charge is 0.497 e. The number of amides is 1. The highest BCUT2D eigenvalue weighted by atomic mass is 16.5. The van der Waals surface area contributed by atoms with Crippen LogP contribution in [-0.2, 0) is 11.2 Å². The number of hydrogen-bond donors (Lipinski definition) is 3. The highest BCUT2D eigenvalue weighted by molar-refractivity contribution is 5.99. The van der Waals surface area contributed by atoms with Gasteiger partial charge in [0, 0.05) is 6.04 Å². The van der Waals surface area contributed by atoms with Crippen molar-refractivity contribution >= 4 is 11.6 Å². The third kappa shape index (κ3) is 5.65. The highest BCUT2D eigenvalue weighted by Crippen LogP contribution is 2.23. The van der Waals surface area contributed by atoms with Gasteiger partial charge >= 0.3 is 0 Å². The standard InChI is InChI=1S/C23H30N4O2/c1-15(2)13-17-5-7-19(8-6-17)21-14-22(26-25-21)23(28)27-24-16(3)18-9-11-20(29-4)12-10-18/h5-12,15,21-22,25-26H,13-14H2,1-4H3,(H,27,28)/b24-16-. The van der Waals surface area contributed by atoms with E-state index in [2.05, 4.69) is 59.5 Å². The fourth-order valence-corrected chi connectivity index (χ4v) is 3.42. The molecule has 1 amide bonds. The number of carbonyl (C=O) groups is 1. The molecule has 2 aromatic carbocycles. The van der Waals surface area contributed by atoms with E-state index < -0.39 is 0 Å². The van der Waals surface area contributed by atoms with Gasteiger partial charge in [-0.25, -0.2) is 16.3 Å². The summed E-state index contributed by atoms with van der Waals surface area (Å²) in [6, 6.07) is 16.0. The zero-order valence-corrected chi connectivity index (χ0v) is 17.5. The fourth-order valence-electron chi connectivity index (χ4n) is 3.42. The van der Waals surface area contributed by atoms with Crippen LogP contribution in [0.4, 0.5) is 0 Å². The quantitative estimate of drug-likeness (QED) is 0.497. The van der Waals surface area contributed by atoms with Crippen molar-refractivity contribution in [3.05, 3.63) is 65.2 Å². The predicted octanol–water partition coefficient (Wildman–Crippen LogP) is 3.34. The number of nitrogens with zero attached hydrogens (tertiary/aromatic N) is 1. The fraction of sp³-hybridized carbons (Fsp3) is 0.391. The molecule has 3 N–H and O–H groups in total. The Bertz CT molecular complexity index is 844. The normalized spacial score (nSPS) is 19.4. The molecule has 29 heavy (non-hydrogen) atoms. The van der Waals surface area contributed by atoms with Gasteiger partial charge in [-0.2, -0.15) is 5.10 Å². The summed E-state index contributed by atoms with van der Waals surface area (Å²) in [5.74, 6) is 1.28. The maximum absolute atomic E-state index is 12.5. The molecule has 1 aliphatic heterocycles. The van der Waals surface area contributed by atoms with E-state index in [-0.39, 0.29) is 18.0 Å². The predicted molar refractivity (Wildman–Crippen MR) is 116 cm³/mol. The smallest absolute Gasteiger partial charge is 0.258 e. The van der Waals surface area contributed by atoms with Gasteiger partial charge in [0.2, 0.25) is 0 Å². The molecule has 0 radical (unpaired) electrons. The molecule has 0 aliphatic carbocycles. The molecule has 1 heterocycles. The zero-order valence-electron chi connectivity index (χ0n) is 17.5. The Labute approximate surface area is 172 Å². The minimum Gasteiger partial charge on any atom is -0.497 e. The Morgan fingerprint density at radius 2 is 1.83 bits per heavy atom. The molecule has 2 unspecified atom stereocenters. The molecule has 2 atom stereocenters. The van der Waals surface area contributed by atoms with Crippen LogP contribution in [0.1, 0.15) is 49.9 Å². The number of benzene rings is 2. The Morgan fingerprint density at radius 1 is 1.14 bits per heavy atom. The molecule has 1 saturated heterocycles. The van der Waals surface area contributed by atoms with E-state index >= 15 is 0 Å². The second kappa shape index (κ2) is 9.67. The van der Waals surface area contributed by atoms with Crippen molar-refractivity contribution < 1.29 is 9.53 Å². The van der Waals surface area contributed by atoms with Crippen LogP contribution in [0.15, 0.2) is 53.6 Å². The summed E-state index contributed by atoms with van der Waals surface area (Å²) in [5, 5.41) is 4.24. The van der Waals surface area contributed by atoms with Crippen molar-refractivity contribution in [1.29, 1.82) is 0 Å². The molecule has 6 nitrogen and oxygen atoms in total. The summed E-state index contributed by atoms with van der Waals surface area (Å²) in [6.45, 7) is 6.31. The summed E-state index contributed by atoms with van der Waals surface area (Å²) in [6.07, 6.45) is 1.75. The second-order valence-corrected chi connectivity index (χ2v) is 7.87. The minimum atomic E-state index is -0.331. The number of hydrazone groups is 1. The molecule has 1 aliphatic rings. The number of hydrazine groups is 1. The molecular weight excluding hydrogens is 364 g/mol. The third-order valence-corrected chi connectivity index (χ3v) is 5.09. The molecule has 0 spiro atoms.